The van der Waals surface area contributed by atoms with Crippen LogP contribution in [0.5, 0.6) is 0 Å². The standard InChI is InChI=1S/C12H18N2O4/c1-8-4-14(11(16)13-10(8)15)5-9-6-17-12(2,3)18-7-9/h4,9H,5-7H2,1-3H3,(H,13,15,16). The molecular weight excluding hydrogens is 236 g/mol. The van der Waals surface area contributed by atoms with Gasteiger partial charge in [-0.3, -0.25) is 14.3 Å². The number of aromatic nitrogens is 2. The number of hydrogen-bond donors (Lipinski definition) is 1. The third kappa shape index (κ3) is 2.88. The maximum Gasteiger partial charge on any atom is 0.328 e. The molecule has 2 heterocycles. The van der Waals surface area contributed by atoms with E-state index in [1.165, 1.54) is 4.57 Å². The Morgan fingerprint density at radius 1 is 1.39 bits per heavy atom. The number of hydrogen-bond acceptors (Lipinski definition) is 4. The van der Waals surface area contributed by atoms with E-state index in [0.29, 0.717) is 25.3 Å². The maximum absolute atomic E-state index is 11.6. The smallest absolute Gasteiger partial charge is 0.328 e. The monoisotopic (exact) mass is 254 g/mol. The maximum atomic E-state index is 11.6. The molecule has 0 amide bonds. The Morgan fingerprint density at radius 3 is 2.61 bits per heavy atom. The zero-order valence-electron chi connectivity index (χ0n) is 10.9. The molecule has 1 N–H and O–H groups in total. The summed E-state index contributed by atoms with van der Waals surface area (Å²) in [5.41, 5.74) is -0.212. The number of H-pyrrole nitrogens is 1. The van der Waals surface area contributed by atoms with Gasteiger partial charge in [0.1, 0.15) is 0 Å². The Kier molecular flexibility index (Phi) is 3.41. The van der Waals surface area contributed by atoms with Crippen LogP contribution in [0.4, 0.5) is 0 Å². The predicted molar refractivity (Wildman–Crippen MR) is 65.5 cm³/mol. The second kappa shape index (κ2) is 4.70. The lowest BCUT2D eigenvalue weighted by molar-refractivity contribution is -0.263. The molecule has 6 heteroatoms. The molecule has 1 aliphatic heterocycles. The molecule has 6 nitrogen and oxygen atoms in total. The highest BCUT2D eigenvalue weighted by atomic mass is 16.7. The third-order valence-corrected chi connectivity index (χ3v) is 2.98. The minimum absolute atomic E-state index is 0.112. The van der Waals surface area contributed by atoms with Gasteiger partial charge in [0.05, 0.1) is 13.2 Å². The molecule has 0 unspecified atom stereocenters. The zero-order chi connectivity index (χ0) is 13.3. The van der Waals surface area contributed by atoms with Gasteiger partial charge < -0.3 is 9.47 Å². The molecule has 0 saturated carbocycles. The van der Waals surface area contributed by atoms with Crippen molar-refractivity contribution >= 4 is 0 Å². The van der Waals surface area contributed by atoms with Crippen LogP contribution in [0.3, 0.4) is 0 Å². The summed E-state index contributed by atoms with van der Waals surface area (Å²) in [7, 11) is 0. The fourth-order valence-electron chi connectivity index (χ4n) is 1.86. The number of aromatic amines is 1. The largest absolute Gasteiger partial charge is 0.350 e. The van der Waals surface area contributed by atoms with Crippen molar-refractivity contribution in [2.45, 2.75) is 33.1 Å². The Labute approximate surface area is 105 Å². The molecule has 0 radical (unpaired) electrons. The SMILES string of the molecule is Cc1cn(CC2COC(C)(C)OC2)c(=O)[nH]c1=O. The van der Waals surface area contributed by atoms with E-state index in [1.807, 2.05) is 13.8 Å². The van der Waals surface area contributed by atoms with Crippen molar-refractivity contribution in [1.82, 2.24) is 9.55 Å². The van der Waals surface area contributed by atoms with E-state index >= 15 is 0 Å². The van der Waals surface area contributed by atoms with Crippen molar-refractivity contribution in [3.63, 3.8) is 0 Å². The van der Waals surface area contributed by atoms with E-state index in [9.17, 15) is 9.59 Å². The van der Waals surface area contributed by atoms with Gasteiger partial charge in [0.25, 0.3) is 5.56 Å². The van der Waals surface area contributed by atoms with E-state index in [1.54, 1.807) is 13.1 Å². The number of ether oxygens (including phenoxy) is 2. The Hall–Kier alpha value is -1.40. The van der Waals surface area contributed by atoms with Crippen LogP contribution in [0.1, 0.15) is 19.4 Å². The lowest BCUT2D eigenvalue weighted by Crippen LogP contribution is -2.42. The molecular formula is C12H18N2O4. The number of nitrogens with zero attached hydrogens (tertiary/aromatic N) is 1. The highest BCUT2D eigenvalue weighted by molar-refractivity contribution is 5.00. The molecule has 1 aromatic rings. The summed E-state index contributed by atoms with van der Waals surface area (Å²) >= 11 is 0. The summed E-state index contributed by atoms with van der Waals surface area (Å²) in [6.07, 6.45) is 1.57. The fourth-order valence-corrected chi connectivity index (χ4v) is 1.86. The summed E-state index contributed by atoms with van der Waals surface area (Å²) in [4.78, 5) is 25.2. The van der Waals surface area contributed by atoms with Crippen LogP contribution in [-0.4, -0.2) is 28.6 Å². The van der Waals surface area contributed by atoms with Crippen molar-refractivity contribution in [2.24, 2.45) is 5.92 Å². The molecule has 0 aliphatic carbocycles. The Balaban J connectivity index is 2.09. The first-order valence-electron chi connectivity index (χ1n) is 5.96. The van der Waals surface area contributed by atoms with E-state index in [2.05, 4.69) is 4.98 Å². The molecule has 0 aromatic carbocycles. The summed E-state index contributed by atoms with van der Waals surface area (Å²) in [5.74, 6) is -0.441. The van der Waals surface area contributed by atoms with Crippen LogP contribution in [-0.2, 0) is 16.0 Å². The molecule has 18 heavy (non-hydrogen) atoms. The zero-order valence-corrected chi connectivity index (χ0v) is 10.9. The Bertz CT molecular complexity index is 534. The van der Waals surface area contributed by atoms with Crippen molar-refractivity contribution < 1.29 is 9.47 Å². The summed E-state index contributed by atoms with van der Waals surface area (Å²) < 4.78 is 12.6. The van der Waals surface area contributed by atoms with Gasteiger partial charge in [0.15, 0.2) is 5.79 Å². The first-order chi connectivity index (χ1) is 8.37. The lowest BCUT2D eigenvalue weighted by atomic mass is 10.1. The summed E-state index contributed by atoms with van der Waals surface area (Å²) in [6, 6.07) is 0. The van der Waals surface area contributed by atoms with Crippen LogP contribution >= 0.6 is 0 Å². The van der Waals surface area contributed by atoms with Crippen LogP contribution in [0.25, 0.3) is 0 Å². The topological polar surface area (TPSA) is 73.3 Å². The molecule has 0 atom stereocenters. The minimum atomic E-state index is -0.553. The van der Waals surface area contributed by atoms with Gasteiger partial charge in [-0.15, -0.1) is 0 Å². The van der Waals surface area contributed by atoms with E-state index in [0.717, 1.165) is 0 Å². The van der Waals surface area contributed by atoms with Gasteiger partial charge in [-0.2, -0.15) is 0 Å². The van der Waals surface area contributed by atoms with Crippen molar-refractivity contribution in [3.8, 4) is 0 Å². The molecule has 1 aromatic heterocycles. The molecule has 100 valence electrons. The predicted octanol–water partition coefficient (Wildman–Crippen LogP) is 0.244. The van der Waals surface area contributed by atoms with Crippen molar-refractivity contribution in [2.75, 3.05) is 13.2 Å². The quantitative estimate of drug-likeness (QED) is 0.820. The third-order valence-electron chi connectivity index (χ3n) is 2.98. The van der Waals surface area contributed by atoms with Gasteiger partial charge in [-0.25, -0.2) is 4.79 Å². The molecule has 0 bridgehead atoms. The average molecular weight is 254 g/mol. The van der Waals surface area contributed by atoms with Crippen LogP contribution < -0.4 is 11.2 Å². The average Bonchev–Trinajstić information content (AvgIpc) is 2.28. The first-order valence-corrected chi connectivity index (χ1v) is 5.96. The van der Waals surface area contributed by atoms with E-state index < -0.39 is 11.5 Å². The number of nitrogens with one attached hydrogen (secondary N) is 1. The highest BCUT2D eigenvalue weighted by Gasteiger charge is 2.28. The Morgan fingerprint density at radius 2 is 2.00 bits per heavy atom. The van der Waals surface area contributed by atoms with Crippen LogP contribution in [0.2, 0.25) is 0 Å². The van der Waals surface area contributed by atoms with Gasteiger partial charge in [-0.05, 0) is 20.8 Å². The van der Waals surface area contributed by atoms with Gasteiger partial charge in [0, 0.05) is 24.2 Å². The number of aryl methyl sites for hydroxylation is 1. The molecule has 0 spiro atoms. The fraction of sp³-hybridized carbons (Fsp3) is 0.667. The first kappa shape index (κ1) is 13.0. The van der Waals surface area contributed by atoms with E-state index in [4.69, 9.17) is 9.47 Å². The van der Waals surface area contributed by atoms with Gasteiger partial charge >= 0.3 is 5.69 Å². The summed E-state index contributed by atoms with van der Waals surface area (Å²) in [5, 5.41) is 0. The van der Waals surface area contributed by atoms with Gasteiger partial charge in [-0.1, -0.05) is 0 Å². The highest BCUT2D eigenvalue weighted by Crippen LogP contribution is 2.20. The number of rotatable bonds is 2. The molecule has 1 saturated heterocycles. The second-order valence-electron chi connectivity index (χ2n) is 5.11. The van der Waals surface area contributed by atoms with Gasteiger partial charge in [0.2, 0.25) is 0 Å². The van der Waals surface area contributed by atoms with Crippen LogP contribution in [0, 0.1) is 12.8 Å². The normalized spacial score (nSPS) is 19.9. The van der Waals surface area contributed by atoms with Crippen molar-refractivity contribution in [3.05, 3.63) is 32.6 Å². The molecule has 1 aliphatic rings. The minimum Gasteiger partial charge on any atom is -0.350 e. The van der Waals surface area contributed by atoms with Crippen molar-refractivity contribution in [1.29, 1.82) is 0 Å². The molecule has 2 rings (SSSR count). The van der Waals surface area contributed by atoms with E-state index in [-0.39, 0.29) is 11.5 Å². The van der Waals surface area contributed by atoms with Crippen LogP contribution in [0.15, 0.2) is 15.8 Å². The molecule has 1 fully saturated rings. The summed E-state index contributed by atoms with van der Waals surface area (Å²) in [6.45, 7) is 6.95. The lowest BCUT2D eigenvalue weighted by Gasteiger charge is -2.35. The second-order valence-corrected chi connectivity index (χ2v) is 5.11.